The van der Waals surface area contributed by atoms with Crippen LogP contribution in [0.2, 0.25) is 0 Å². The van der Waals surface area contributed by atoms with Crippen LogP contribution in [0.1, 0.15) is 19.9 Å². The molecule has 0 fully saturated rings. The van der Waals surface area contributed by atoms with Crippen molar-refractivity contribution in [3.63, 3.8) is 0 Å². The largest absolute Gasteiger partial charge is 0.382 e. The Bertz CT molecular complexity index is 1170. The van der Waals surface area contributed by atoms with E-state index in [0.29, 0.717) is 28.6 Å². The maximum absolute atomic E-state index is 12.2. The van der Waals surface area contributed by atoms with Gasteiger partial charge in [0, 0.05) is 22.6 Å². The Balaban J connectivity index is 2.00. The summed E-state index contributed by atoms with van der Waals surface area (Å²) in [7, 11) is 0. The summed E-state index contributed by atoms with van der Waals surface area (Å²) in [5.41, 5.74) is 10.3. The number of thiophene rings is 1. The van der Waals surface area contributed by atoms with Crippen LogP contribution in [0.15, 0.2) is 64.1 Å². The summed E-state index contributed by atoms with van der Waals surface area (Å²) in [4.78, 5) is 21.7. The fourth-order valence-electron chi connectivity index (χ4n) is 2.96. The zero-order valence-corrected chi connectivity index (χ0v) is 16.4. The van der Waals surface area contributed by atoms with Gasteiger partial charge in [-0.15, -0.1) is 0 Å². The van der Waals surface area contributed by atoms with Gasteiger partial charge in [0.15, 0.2) is 5.82 Å². The second kappa shape index (κ2) is 7.36. The molecule has 140 valence electrons. The fourth-order valence-corrected chi connectivity index (χ4v) is 3.60. The van der Waals surface area contributed by atoms with E-state index < -0.39 is 0 Å². The second-order valence-electron chi connectivity index (χ2n) is 6.63. The Hall–Kier alpha value is -3.32. The molecule has 6 nitrogen and oxygen atoms in total. The molecule has 1 aromatic carbocycles. The van der Waals surface area contributed by atoms with Gasteiger partial charge in [-0.1, -0.05) is 30.3 Å². The van der Waals surface area contributed by atoms with Gasteiger partial charge in [-0.05, 0) is 31.4 Å². The molecule has 0 unspecified atom stereocenters. The molecule has 4 aromatic rings. The van der Waals surface area contributed by atoms with Crippen molar-refractivity contribution < 1.29 is 0 Å². The van der Waals surface area contributed by atoms with Crippen molar-refractivity contribution in [2.24, 2.45) is 0 Å². The van der Waals surface area contributed by atoms with E-state index in [1.165, 1.54) is 10.7 Å². The SMILES string of the molecule is CC(C)n1nc(-c2nc(-c3ccsc3)c(N)nc2-c2ccccc2)ccc1=O. The van der Waals surface area contributed by atoms with Gasteiger partial charge in [0.2, 0.25) is 0 Å². The van der Waals surface area contributed by atoms with Gasteiger partial charge in [0.05, 0.1) is 6.04 Å². The molecule has 0 aliphatic carbocycles. The third kappa shape index (κ3) is 3.32. The number of nitrogen functional groups attached to an aromatic ring is 1. The van der Waals surface area contributed by atoms with E-state index in [1.54, 1.807) is 17.4 Å². The monoisotopic (exact) mass is 389 g/mol. The van der Waals surface area contributed by atoms with Gasteiger partial charge in [0.1, 0.15) is 22.8 Å². The van der Waals surface area contributed by atoms with Gasteiger partial charge in [-0.3, -0.25) is 4.79 Å². The lowest BCUT2D eigenvalue weighted by Crippen LogP contribution is -2.24. The number of rotatable bonds is 4. The molecule has 28 heavy (non-hydrogen) atoms. The molecule has 0 atom stereocenters. The maximum atomic E-state index is 12.2. The van der Waals surface area contributed by atoms with E-state index in [2.05, 4.69) is 10.1 Å². The molecule has 7 heteroatoms. The number of anilines is 1. The first-order chi connectivity index (χ1) is 13.5. The Kier molecular flexibility index (Phi) is 4.75. The molecule has 0 saturated carbocycles. The number of hydrogen-bond acceptors (Lipinski definition) is 6. The normalized spacial score (nSPS) is 11.1. The smallest absolute Gasteiger partial charge is 0.267 e. The Morgan fingerprint density at radius 3 is 2.39 bits per heavy atom. The van der Waals surface area contributed by atoms with E-state index in [9.17, 15) is 4.79 Å². The van der Waals surface area contributed by atoms with Crippen molar-refractivity contribution in [2.45, 2.75) is 19.9 Å². The van der Waals surface area contributed by atoms with E-state index in [0.717, 1.165) is 11.1 Å². The molecule has 0 aliphatic rings. The van der Waals surface area contributed by atoms with Crippen LogP contribution in [0.4, 0.5) is 5.82 Å². The minimum atomic E-state index is -0.151. The Morgan fingerprint density at radius 2 is 1.71 bits per heavy atom. The highest BCUT2D eigenvalue weighted by molar-refractivity contribution is 7.08. The summed E-state index contributed by atoms with van der Waals surface area (Å²) in [6.07, 6.45) is 0. The minimum absolute atomic E-state index is 0.0642. The summed E-state index contributed by atoms with van der Waals surface area (Å²) >= 11 is 1.57. The van der Waals surface area contributed by atoms with Crippen molar-refractivity contribution in [2.75, 3.05) is 5.73 Å². The summed E-state index contributed by atoms with van der Waals surface area (Å²) in [5, 5.41) is 8.50. The zero-order valence-electron chi connectivity index (χ0n) is 15.5. The highest BCUT2D eigenvalue weighted by atomic mass is 32.1. The second-order valence-corrected chi connectivity index (χ2v) is 7.41. The van der Waals surface area contributed by atoms with Crippen molar-refractivity contribution in [1.82, 2.24) is 19.7 Å². The standard InChI is InChI=1S/C21H19N5OS/c1-13(2)26-17(27)9-8-16(25-26)20-18(14-6-4-3-5-7-14)24-21(22)19(23-20)15-10-11-28-12-15/h3-13H,1-2H3,(H2,22,24). The van der Waals surface area contributed by atoms with Crippen LogP contribution in [-0.2, 0) is 0 Å². The summed E-state index contributed by atoms with van der Waals surface area (Å²) in [6.45, 7) is 3.84. The molecule has 0 bridgehead atoms. The predicted octanol–water partition coefficient (Wildman–Crippen LogP) is 4.26. The van der Waals surface area contributed by atoms with Gasteiger partial charge in [-0.2, -0.15) is 16.4 Å². The lowest BCUT2D eigenvalue weighted by atomic mass is 10.1. The van der Waals surface area contributed by atoms with Crippen molar-refractivity contribution in [3.05, 3.63) is 69.6 Å². The van der Waals surface area contributed by atoms with Crippen LogP contribution >= 0.6 is 11.3 Å². The average Bonchev–Trinajstić information content (AvgIpc) is 3.23. The Labute approximate surface area is 166 Å². The fraction of sp³-hybridized carbons (Fsp3) is 0.143. The highest BCUT2D eigenvalue weighted by Gasteiger charge is 2.18. The summed E-state index contributed by atoms with van der Waals surface area (Å²) in [6, 6.07) is 14.8. The van der Waals surface area contributed by atoms with E-state index in [-0.39, 0.29) is 11.6 Å². The van der Waals surface area contributed by atoms with Crippen LogP contribution in [-0.4, -0.2) is 19.7 Å². The summed E-state index contributed by atoms with van der Waals surface area (Å²) < 4.78 is 1.45. The highest BCUT2D eigenvalue weighted by Crippen LogP contribution is 2.33. The van der Waals surface area contributed by atoms with Crippen LogP contribution < -0.4 is 11.3 Å². The molecule has 0 saturated heterocycles. The predicted molar refractivity (Wildman–Crippen MR) is 113 cm³/mol. The first-order valence-electron chi connectivity index (χ1n) is 8.90. The molecule has 2 N–H and O–H groups in total. The number of nitrogens with zero attached hydrogens (tertiary/aromatic N) is 4. The molecule has 0 radical (unpaired) electrons. The van der Waals surface area contributed by atoms with Gasteiger partial charge >= 0.3 is 0 Å². The van der Waals surface area contributed by atoms with Crippen LogP contribution in [0.25, 0.3) is 33.9 Å². The van der Waals surface area contributed by atoms with Crippen molar-refractivity contribution >= 4 is 17.2 Å². The third-order valence-corrected chi connectivity index (χ3v) is 5.00. The molecular formula is C21H19N5OS. The van der Waals surface area contributed by atoms with Gasteiger partial charge in [-0.25, -0.2) is 14.6 Å². The van der Waals surface area contributed by atoms with Gasteiger partial charge in [0.25, 0.3) is 5.56 Å². The van der Waals surface area contributed by atoms with Crippen LogP contribution in [0.3, 0.4) is 0 Å². The lowest BCUT2D eigenvalue weighted by molar-refractivity contribution is 0.504. The number of aromatic nitrogens is 4. The zero-order chi connectivity index (χ0) is 19.7. The molecule has 4 rings (SSSR count). The van der Waals surface area contributed by atoms with Crippen LogP contribution in [0.5, 0.6) is 0 Å². The van der Waals surface area contributed by atoms with Crippen molar-refractivity contribution in [3.8, 4) is 33.9 Å². The summed E-state index contributed by atoms with van der Waals surface area (Å²) in [5.74, 6) is 0.359. The first kappa shape index (κ1) is 18.1. The average molecular weight is 389 g/mol. The first-order valence-corrected chi connectivity index (χ1v) is 9.84. The Morgan fingerprint density at radius 1 is 0.929 bits per heavy atom. The molecule has 0 spiro atoms. The lowest BCUT2D eigenvalue weighted by Gasteiger charge is -2.14. The van der Waals surface area contributed by atoms with Crippen LogP contribution in [0, 0.1) is 0 Å². The minimum Gasteiger partial charge on any atom is -0.382 e. The van der Waals surface area contributed by atoms with E-state index in [4.69, 9.17) is 10.7 Å². The third-order valence-electron chi connectivity index (χ3n) is 4.32. The topological polar surface area (TPSA) is 86.7 Å². The maximum Gasteiger partial charge on any atom is 0.267 e. The molecular weight excluding hydrogens is 370 g/mol. The quantitative estimate of drug-likeness (QED) is 0.563. The van der Waals surface area contributed by atoms with Crippen molar-refractivity contribution in [1.29, 1.82) is 0 Å². The number of nitrogens with two attached hydrogens (primary N) is 1. The van der Waals surface area contributed by atoms with Gasteiger partial charge < -0.3 is 5.73 Å². The molecule has 3 heterocycles. The molecule has 0 amide bonds. The van der Waals surface area contributed by atoms with E-state index >= 15 is 0 Å². The number of hydrogen-bond donors (Lipinski definition) is 1. The molecule has 3 aromatic heterocycles. The number of benzene rings is 1. The van der Waals surface area contributed by atoms with E-state index in [1.807, 2.05) is 61.0 Å². The molecule has 0 aliphatic heterocycles.